The lowest BCUT2D eigenvalue weighted by molar-refractivity contribution is -0.140. The zero-order chi connectivity index (χ0) is 50.7. The molecule has 4 heterocycles. The van der Waals surface area contributed by atoms with Crippen molar-refractivity contribution in [3.8, 4) is 23.0 Å². The van der Waals surface area contributed by atoms with E-state index in [2.05, 4.69) is 66.5 Å². The van der Waals surface area contributed by atoms with Crippen LogP contribution in [0.4, 0.5) is 0 Å². The normalized spacial score (nSPS) is 13.6. The number of hydrogen-bond donors (Lipinski definition) is 8. The number of nitrogens with one attached hydrogen (secondary N) is 4. The number of fused-ring (bicyclic) bond motifs is 2. The summed E-state index contributed by atoms with van der Waals surface area (Å²) in [5.41, 5.74) is 11.6. The molecule has 0 bridgehead atoms. The minimum Gasteiger partial charge on any atom is -0.488 e. The monoisotopic (exact) mass is 1020 g/mol. The van der Waals surface area contributed by atoms with Gasteiger partial charge < -0.3 is 60.0 Å². The zero-order valence-corrected chi connectivity index (χ0v) is 41.0. The molecule has 8 N–H and O–H groups in total. The van der Waals surface area contributed by atoms with Crippen LogP contribution in [0.3, 0.4) is 0 Å². The Morgan fingerprint density at radius 1 is 0.653 bits per heavy atom. The number of halogens is 2. The van der Waals surface area contributed by atoms with Gasteiger partial charge in [0.2, 0.25) is 0 Å². The van der Waals surface area contributed by atoms with Gasteiger partial charge in [0, 0.05) is 73.1 Å². The molecule has 3 aromatic carbocycles. The number of carboxylic acids is 2. The van der Waals surface area contributed by atoms with Crippen LogP contribution in [0, 0.1) is 6.92 Å². The van der Waals surface area contributed by atoms with Gasteiger partial charge in [-0.1, -0.05) is 47.5 Å². The summed E-state index contributed by atoms with van der Waals surface area (Å²) < 4.78 is 25.6. The van der Waals surface area contributed by atoms with Gasteiger partial charge in [-0.15, -0.1) is 0 Å². The highest BCUT2D eigenvalue weighted by Gasteiger charge is 2.23. The number of pyridine rings is 2. The Hall–Kier alpha value is -7.06. The fourth-order valence-electron chi connectivity index (χ4n) is 8.49. The van der Waals surface area contributed by atoms with Gasteiger partial charge in [0.25, 0.3) is 0 Å². The van der Waals surface area contributed by atoms with Gasteiger partial charge in [0.1, 0.15) is 61.5 Å². The summed E-state index contributed by atoms with van der Waals surface area (Å²) in [6.07, 6.45) is 10.2. The van der Waals surface area contributed by atoms with Crippen molar-refractivity contribution in [3.63, 3.8) is 0 Å². The molecule has 20 heteroatoms. The number of benzene rings is 3. The fourth-order valence-corrected chi connectivity index (χ4v) is 8.97. The number of ether oxygens (including phenoxy) is 4. The molecule has 4 aromatic heterocycles. The van der Waals surface area contributed by atoms with Crippen LogP contribution in [0.2, 0.25) is 10.0 Å². The van der Waals surface area contributed by atoms with Gasteiger partial charge in [-0.3, -0.25) is 9.59 Å². The van der Waals surface area contributed by atoms with Crippen molar-refractivity contribution in [1.29, 1.82) is 0 Å². The van der Waals surface area contributed by atoms with E-state index in [-0.39, 0.29) is 65.6 Å². The van der Waals surface area contributed by atoms with Gasteiger partial charge in [-0.25, -0.2) is 19.9 Å². The lowest BCUT2D eigenvalue weighted by atomic mass is 9.85. The second kappa shape index (κ2) is 23.9. The maximum atomic E-state index is 11.9. The van der Waals surface area contributed by atoms with Crippen molar-refractivity contribution in [2.75, 3.05) is 19.8 Å². The van der Waals surface area contributed by atoms with E-state index in [0.717, 1.165) is 68.4 Å². The van der Waals surface area contributed by atoms with Crippen LogP contribution in [0.1, 0.15) is 71.6 Å². The first-order valence-corrected chi connectivity index (χ1v) is 24.0. The Balaban J connectivity index is 0.988. The van der Waals surface area contributed by atoms with E-state index in [0.29, 0.717) is 55.5 Å². The Morgan fingerprint density at radius 2 is 1.15 bits per heavy atom. The molecule has 7 aromatic rings. The summed E-state index contributed by atoms with van der Waals surface area (Å²) in [5.74, 6) is -0.548. The third-order valence-electron chi connectivity index (χ3n) is 12.6. The second-order valence-corrected chi connectivity index (χ2v) is 17.9. The van der Waals surface area contributed by atoms with Gasteiger partial charge in [-0.2, -0.15) is 0 Å². The van der Waals surface area contributed by atoms with Crippen LogP contribution in [-0.2, 0) is 42.5 Å². The zero-order valence-electron chi connectivity index (χ0n) is 39.5. The van der Waals surface area contributed by atoms with Crippen LogP contribution in [0.15, 0.2) is 96.9 Å². The van der Waals surface area contributed by atoms with Crippen molar-refractivity contribution < 1.29 is 49.0 Å². The van der Waals surface area contributed by atoms with Crippen LogP contribution in [0.5, 0.6) is 23.0 Å². The highest BCUT2D eigenvalue weighted by atomic mass is 35.5. The van der Waals surface area contributed by atoms with Crippen LogP contribution < -0.4 is 29.6 Å². The molecular formula is C52H54Cl2N8O10. The number of carboxylic acid groups (broad SMARTS) is 2. The van der Waals surface area contributed by atoms with E-state index in [1.807, 2.05) is 24.3 Å². The smallest absolute Gasteiger partial charge is 0.320 e. The third-order valence-corrected chi connectivity index (χ3v) is 13.2. The first-order valence-electron chi connectivity index (χ1n) is 23.2. The molecular weight excluding hydrogens is 968 g/mol. The van der Waals surface area contributed by atoms with Crippen LogP contribution in [-0.4, -0.2) is 94.2 Å². The number of nitrogens with zero attached hydrogens (tertiary/aromatic N) is 4. The number of allylic oxidation sites excluding steroid dienone is 3. The number of aliphatic hydroxyl groups is 2. The summed E-state index contributed by atoms with van der Waals surface area (Å²) in [6, 6.07) is 14.6. The minimum atomic E-state index is -1.09. The first-order chi connectivity index (χ1) is 34.9. The highest BCUT2D eigenvalue weighted by Crippen LogP contribution is 2.39. The largest absolute Gasteiger partial charge is 0.488 e. The number of rotatable bonds is 25. The van der Waals surface area contributed by atoms with E-state index >= 15 is 0 Å². The Morgan fingerprint density at radius 3 is 1.67 bits per heavy atom. The van der Waals surface area contributed by atoms with Crippen molar-refractivity contribution in [3.05, 3.63) is 146 Å². The highest BCUT2D eigenvalue weighted by molar-refractivity contribution is 6.32. The topological polar surface area (TPSA) is 259 Å². The molecule has 1 aliphatic rings. The molecule has 1 aliphatic carbocycles. The number of hydrogen-bond acceptors (Lipinski definition) is 14. The van der Waals surface area contributed by atoms with Crippen molar-refractivity contribution >= 4 is 63.0 Å². The standard InChI is InChI=1S/C52H54Cl2N8O10/c1-29-31(23-71-45-19-43(69-25-33-9-13-55-49-47(33)59-27-61-49)35(17-39(45)53)21-57-41(11-15-63)51(65)66)5-3-7-37(29)38-8-4-6-32(30(38)2)24-72-46-20-44(70-26-34-10-14-56-50-48(34)60-28-62-50)36(18-40(46)54)22-58-42(12-16-64)52(67)68/h3,5,7-10,13-14,17-20,27-28,41-42,57-58,63-64H,4,6,11-12,15-16,21-26H2,1-2H3,(H,65,66)(H,67,68)(H,55,59,61)(H,56,60,62). The number of aliphatic carboxylic acids is 2. The van der Waals surface area contributed by atoms with Crippen LogP contribution in [0.25, 0.3) is 27.9 Å². The first kappa shape index (κ1) is 51.3. The molecule has 8 rings (SSSR count). The Kier molecular flexibility index (Phi) is 17.0. The van der Waals surface area contributed by atoms with Crippen molar-refractivity contribution in [2.45, 2.75) is 84.5 Å². The quantitative estimate of drug-likeness (QED) is 0.0270. The third kappa shape index (κ3) is 12.2. The molecule has 2 atom stereocenters. The van der Waals surface area contributed by atoms with Gasteiger partial charge in [0.15, 0.2) is 11.3 Å². The number of H-pyrrole nitrogens is 2. The lowest BCUT2D eigenvalue weighted by Crippen LogP contribution is -2.37. The molecule has 0 amide bonds. The van der Waals surface area contributed by atoms with E-state index < -0.39 is 24.0 Å². The SMILES string of the molecule is CC1=C(COc2cc(OCc3ccnc4nc[nH]c34)c(CNC(CCO)C(=O)O)cc2Cl)CCC=C1c1cccc(COc2cc(OCc3ccnc4nc[nH]c34)c(CNC(CCO)C(=O)O)cc2Cl)c1C. The van der Waals surface area contributed by atoms with E-state index in [1.165, 1.54) is 0 Å². The summed E-state index contributed by atoms with van der Waals surface area (Å²) in [5, 5.41) is 44.9. The Bertz CT molecular complexity index is 3140. The maximum Gasteiger partial charge on any atom is 0.320 e. The van der Waals surface area contributed by atoms with Crippen molar-refractivity contribution in [1.82, 2.24) is 40.5 Å². The molecule has 0 radical (unpaired) electrons. The average Bonchev–Trinajstić information content (AvgIpc) is 4.07. The Labute approximate surface area is 424 Å². The van der Waals surface area contributed by atoms with Gasteiger partial charge >= 0.3 is 11.9 Å². The van der Waals surface area contributed by atoms with Gasteiger partial charge in [-0.05, 0) is 97.2 Å². The summed E-state index contributed by atoms with van der Waals surface area (Å²) >= 11 is 13.7. The van der Waals surface area contributed by atoms with E-state index in [1.54, 1.807) is 49.3 Å². The minimum absolute atomic E-state index is 0.0206. The summed E-state index contributed by atoms with van der Waals surface area (Å²) in [7, 11) is 0. The molecule has 0 fully saturated rings. The predicted octanol–water partition coefficient (Wildman–Crippen LogP) is 8.00. The number of imidazole rings is 2. The molecule has 0 saturated heterocycles. The van der Waals surface area contributed by atoms with E-state index in [9.17, 15) is 30.0 Å². The molecule has 0 saturated carbocycles. The molecule has 72 heavy (non-hydrogen) atoms. The summed E-state index contributed by atoms with van der Waals surface area (Å²) in [4.78, 5) is 47.0. The summed E-state index contributed by atoms with van der Waals surface area (Å²) in [6.45, 7) is 4.45. The predicted molar refractivity (Wildman–Crippen MR) is 270 cm³/mol. The lowest BCUT2D eigenvalue weighted by Gasteiger charge is -2.23. The second-order valence-electron chi connectivity index (χ2n) is 17.1. The number of aromatic amines is 2. The molecule has 0 spiro atoms. The van der Waals surface area contributed by atoms with E-state index in [4.69, 9.17) is 42.1 Å². The molecule has 0 aliphatic heterocycles. The van der Waals surface area contributed by atoms with Crippen molar-refractivity contribution in [2.24, 2.45) is 0 Å². The number of aromatic nitrogens is 6. The number of aliphatic hydroxyl groups excluding tert-OH is 2. The fraction of sp³-hybridized carbons (Fsp3) is 0.308. The van der Waals surface area contributed by atoms with Gasteiger partial charge in [0.05, 0.1) is 33.7 Å². The maximum absolute atomic E-state index is 11.9. The number of carbonyl (C=O) groups is 2. The van der Waals surface area contributed by atoms with Crippen LogP contribution >= 0.6 is 23.2 Å². The molecule has 376 valence electrons. The average molecular weight is 1020 g/mol. The molecule has 2 unspecified atom stereocenters. The molecule has 18 nitrogen and oxygen atoms in total.